The van der Waals surface area contributed by atoms with E-state index >= 15 is 0 Å². The van der Waals surface area contributed by atoms with Gasteiger partial charge in [0.2, 0.25) is 0 Å². The molecule has 2 nitrogen and oxygen atoms in total. The zero-order chi connectivity index (χ0) is 10.1. The molecule has 1 saturated heterocycles. The SMILES string of the molecule is CC(C)CNC1CN(C)CC1(C)C. The van der Waals surface area contributed by atoms with E-state index in [1.807, 2.05) is 0 Å². The van der Waals surface area contributed by atoms with Crippen LogP contribution in [0.5, 0.6) is 0 Å². The van der Waals surface area contributed by atoms with Gasteiger partial charge in [0.05, 0.1) is 0 Å². The fraction of sp³-hybridized carbons (Fsp3) is 1.00. The Hall–Kier alpha value is -0.0800. The molecule has 1 unspecified atom stereocenters. The van der Waals surface area contributed by atoms with Crippen LogP contribution in [-0.4, -0.2) is 37.6 Å². The summed E-state index contributed by atoms with van der Waals surface area (Å²) in [5, 5.41) is 3.66. The van der Waals surface area contributed by atoms with Gasteiger partial charge in [-0.15, -0.1) is 0 Å². The van der Waals surface area contributed by atoms with E-state index in [2.05, 4.69) is 45.0 Å². The smallest absolute Gasteiger partial charge is 0.0258 e. The summed E-state index contributed by atoms with van der Waals surface area (Å²) in [5.41, 5.74) is 0.434. The lowest BCUT2D eigenvalue weighted by molar-refractivity contribution is 0.292. The summed E-state index contributed by atoms with van der Waals surface area (Å²) in [5.74, 6) is 0.752. The van der Waals surface area contributed by atoms with Crippen molar-refractivity contribution in [3.63, 3.8) is 0 Å². The highest BCUT2D eigenvalue weighted by molar-refractivity contribution is 4.94. The average molecular weight is 184 g/mol. The summed E-state index contributed by atoms with van der Waals surface area (Å²) in [6.07, 6.45) is 0. The van der Waals surface area contributed by atoms with Gasteiger partial charge >= 0.3 is 0 Å². The molecule has 1 N–H and O–H groups in total. The maximum Gasteiger partial charge on any atom is 0.0258 e. The average Bonchev–Trinajstić information content (AvgIpc) is 2.19. The molecule has 0 spiro atoms. The van der Waals surface area contributed by atoms with Gasteiger partial charge in [0.1, 0.15) is 0 Å². The predicted octanol–water partition coefficient (Wildman–Crippen LogP) is 1.57. The van der Waals surface area contributed by atoms with E-state index in [1.54, 1.807) is 0 Å². The third-order valence-electron chi connectivity index (χ3n) is 2.89. The zero-order valence-corrected chi connectivity index (χ0v) is 9.72. The van der Waals surface area contributed by atoms with Crippen molar-refractivity contribution in [2.75, 3.05) is 26.7 Å². The molecule has 0 amide bonds. The van der Waals surface area contributed by atoms with Gasteiger partial charge in [-0.05, 0) is 24.9 Å². The Balaban J connectivity index is 2.41. The summed E-state index contributed by atoms with van der Waals surface area (Å²) >= 11 is 0. The number of rotatable bonds is 3. The van der Waals surface area contributed by atoms with E-state index < -0.39 is 0 Å². The van der Waals surface area contributed by atoms with Crippen molar-refractivity contribution in [1.82, 2.24) is 10.2 Å². The lowest BCUT2D eigenvalue weighted by Crippen LogP contribution is -2.42. The molecule has 1 fully saturated rings. The molecule has 2 heteroatoms. The van der Waals surface area contributed by atoms with Crippen LogP contribution in [0.2, 0.25) is 0 Å². The second-order valence-electron chi connectivity index (χ2n) is 5.54. The van der Waals surface area contributed by atoms with E-state index in [1.165, 1.54) is 13.1 Å². The van der Waals surface area contributed by atoms with Crippen molar-refractivity contribution in [1.29, 1.82) is 0 Å². The number of likely N-dealkylation sites (tertiary alicyclic amines) is 1. The molecule has 0 aromatic heterocycles. The van der Waals surface area contributed by atoms with Crippen LogP contribution in [0, 0.1) is 11.3 Å². The van der Waals surface area contributed by atoms with Crippen LogP contribution in [0.25, 0.3) is 0 Å². The topological polar surface area (TPSA) is 15.3 Å². The molecular formula is C11H24N2. The molecule has 0 bridgehead atoms. The molecule has 78 valence electrons. The first kappa shape index (κ1) is 11.0. The summed E-state index contributed by atoms with van der Waals surface area (Å²) in [6.45, 7) is 12.8. The Bertz CT molecular complexity index is 163. The first-order valence-corrected chi connectivity index (χ1v) is 5.34. The molecular weight excluding hydrogens is 160 g/mol. The van der Waals surface area contributed by atoms with Crippen molar-refractivity contribution in [2.24, 2.45) is 11.3 Å². The number of hydrogen-bond acceptors (Lipinski definition) is 2. The van der Waals surface area contributed by atoms with E-state index in [0.29, 0.717) is 11.5 Å². The highest BCUT2D eigenvalue weighted by Gasteiger charge is 2.37. The normalized spacial score (nSPS) is 28.6. The molecule has 0 aliphatic carbocycles. The minimum absolute atomic E-state index is 0.434. The van der Waals surface area contributed by atoms with Crippen molar-refractivity contribution in [3.05, 3.63) is 0 Å². The summed E-state index contributed by atoms with van der Waals surface area (Å²) in [6, 6.07) is 0.667. The molecule has 0 radical (unpaired) electrons. The predicted molar refractivity (Wildman–Crippen MR) is 57.9 cm³/mol. The first-order valence-electron chi connectivity index (χ1n) is 5.34. The van der Waals surface area contributed by atoms with E-state index in [0.717, 1.165) is 12.5 Å². The second kappa shape index (κ2) is 3.97. The van der Waals surface area contributed by atoms with Crippen molar-refractivity contribution < 1.29 is 0 Å². The van der Waals surface area contributed by atoms with Crippen LogP contribution in [0.3, 0.4) is 0 Å². The second-order valence-corrected chi connectivity index (χ2v) is 5.54. The Morgan fingerprint density at radius 1 is 1.46 bits per heavy atom. The molecule has 0 aromatic rings. The molecule has 1 atom stereocenters. The molecule has 1 heterocycles. The van der Waals surface area contributed by atoms with Gasteiger partial charge < -0.3 is 10.2 Å². The third-order valence-corrected chi connectivity index (χ3v) is 2.89. The Labute approximate surface area is 82.7 Å². The van der Waals surface area contributed by atoms with Crippen LogP contribution < -0.4 is 5.32 Å². The minimum Gasteiger partial charge on any atom is -0.312 e. The van der Waals surface area contributed by atoms with Gasteiger partial charge in [-0.2, -0.15) is 0 Å². The molecule has 1 aliphatic rings. The van der Waals surface area contributed by atoms with Gasteiger partial charge in [0, 0.05) is 19.1 Å². The summed E-state index contributed by atoms with van der Waals surface area (Å²) in [4.78, 5) is 2.41. The molecule has 1 aliphatic heterocycles. The maximum atomic E-state index is 3.66. The standard InChI is InChI=1S/C11H24N2/c1-9(2)6-12-10-7-13(5)8-11(10,3)4/h9-10,12H,6-8H2,1-5H3. The van der Waals surface area contributed by atoms with Gasteiger partial charge in [-0.3, -0.25) is 0 Å². The quantitative estimate of drug-likeness (QED) is 0.716. The third kappa shape index (κ3) is 2.96. The van der Waals surface area contributed by atoms with Crippen LogP contribution in [0.1, 0.15) is 27.7 Å². The number of nitrogens with one attached hydrogen (secondary N) is 1. The minimum atomic E-state index is 0.434. The first-order chi connectivity index (χ1) is 5.92. The Morgan fingerprint density at radius 3 is 2.46 bits per heavy atom. The summed E-state index contributed by atoms with van der Waals surface area (Å²) < 4.78 is 0. The Morgan fingerprint density at radius 2 is 2.08 bits per heavy atom. The largest absolute Gasteiger partial charge is 0.312 e. The molecule has 13 heavy (non-hydrogen) atoms. The fourth-order valence-corrected chi connectivity index (χ4v) is 2.15. The fourth-order valence-electron chi connectivity index (χ4n) is 2.15. The van der Waals surface area contributed by atoms with Crippen molar-refractivity contribution in [3.8, 4) is 0 Å². The Kier molecular flexibility index (Phi) is 3.36. The monoisotopic (exact) mass is 184 g/mol. The number of hydrogen-bond donors (Lipinski definition) is 1. The number of nitrogens with zero attached hydrogens (tertiary/aromatic N) is 1. The molecule has 0 aromatic carbocycles. The van der Waals surface area contributed by atoms with Crippen LogP contribution in [0.4, 0.5) is 0 Å². The van der Waals surface area contributed by atoms with Gasteiger partial charge in [0.15, 0.2) is 0 Å². The van der Waals surface area contributed by atoms with Gasteiger partial charge in [0.25, 0.3) is 0 Å². The lowest BCUT2D eigenvalue weighted by atomic mass is 9.87. The van der Waals surface area contributed by atoms with E-state index in [-0.39, 0.29) is 0 Å². The lowest BCUT2D eigenvalue weighted by Gasteiger charge is -2.27. The van der Waals surface area contributed by atoms with Gasteiger partial charge in [-0.25, -0.2) is 0 Å². The highest BCUT2D eigenvalue weighted by atomic mass is 15.2. The van der Waals surface area contributed by atoms with Crippen LogP contribution >= 0.6 is 0 Å². The number of likely N-dealkylation sites (N-methyl/N-ethyl adjacent to an activating group) is 1. The van der Waals surface area contributed by atoms with Crippen LogP contribution in [0.15, 0.2) is 0 Å². The van der Waals surface area contributed by atoms with E-state index in [9.17, 15) is 0 Å². The van der Waals surface area contributed by atoms with E-state index in [4.69, 9.17) is 0 Å². The van der Waals surface area contributed by atoms with Gasteiger partial charge in [-0.1, -0.05) is 27.7 Å². The zero-order valence-electron chi connectivity index (χ0n) is 9.72. The van der Waals surface area contributed by atoms with Crippen molar-refractivity contribution in [2.45, 2.75) is 33.7 Å². The highest BCUT2D eigenvalue weighted by Crippen LogP contribution is 2.28. The van der Waals surface area contributed by atoms with Crippen molar-refractivity contribution >= 4 is 0 Å². The molecule has 1 rings (SSSR count). The summed E-state index contributed by atoms with van der Waals surface area (Å²) in [7, 11) is 2.21. The molecule has 0 saturated carbocycles. The van der Waals surface area contributed by atoms with Crippen LogP contribution in [-0.2, 0) is 0 Å². The maximum absolute atomic E-state index is 3.66.